The van der Waals surface area contributed by atoms with Gasteiger partial charge in [0.2, 0.25) is 0 Å². The number of nitrogens with zero attached hydrogens (tertiary/aromatic N) is 2. The molecule has 7 nitrogen and oxygen atoms in total. The fourth-order valence-electron chi connectivity index (χ4n) is 2.95. The normalized spacial score (nSPS) is 21.6. The highest BCUT2D eigenvalue weighted by Gasteiger charge is 2.17. The molecule has 0 aromatic carbocycles. The predicted octanol–water partition coefficient (Wildman–Crippen LogP) is 0.735. The molecule has 0 spiro atoms. The Balaban J connectivity index is 1.43. The molecule has 3 heterocycles. The molecule has 0 saturated carbocycles. The summed E-state index contributed by atoms with van der Waals surface area (Å²) in [5, 5.41) is 6.26. The summed E-state index contributed by atoms with van der Waals surface area (Å²) >= 11 is 0. The van der Waals surface area contributed by atoms with Crippen LogP contribution in [0, 0.1) is 0 Å². The number of carbonyl (C=O) groups excluding carboxylic acids is 1. The number of aromatic nitrogens is 1. The number of pyridine rings is 1. The van der Waals surface area contributed by atoms with Crippen molar-refractivity contribution in [2.75, 3.05) is 57.9 Å². The highest BCUT2D eigenvalue weighted by Crippen LogP contribution is 2.11. The Morgan fingerprint density at radius 3 is 3.00 bits per heavy atom. The molecule has 1 atom stereocenters. The molecule has 0 bridgehead atoms. The zero-order valence-corrected chi connectivity index (χ0v) is 14.0. The summed E-state index contributed by atoms with van der Waals surface area (Å²) in [4.78, 5) is 18.7. The number of rotatable bonds is 7. The van der Waals surface area contributed by atoms with Crippen molar-refractivity contribution in [3.8, 4) is 0 Å². The summed E-state index contributed by atoms with van der Waals surface area (Å²) in [6.07, 6.45) is 3.89. The Kier molecular flexibility index (Phi) is 6.40. The maximum atomic E-state index is 12.2. The van der Waals surface area contributed by atoms with E-state index in [2.05, 4.69) is 20.5 Å². The van der Waals surface area contributed by atoms with E-state index in [0.29, 0.717) is 12.2 Å². The summed E-state index contributed by atoms with van der Waals surface area (Å²) in [5.74, 6) is -0.151. The maximum absolute atomic E-state index is 12.2. The van der Waals surface area contributed by atoms with Crippen LogP contribution in [0.4, 0.5) is 5.69 Å². The molecule has 2 N–H and O–H groups in total. The number of nitrogens with one attached hydrogen (secondary N) is 2. The van der Waals surface area contributed by atoms with E-state index in [4.69, 9.17) is 9.47 Å². The molecule has 7 heteroatoms. The summed E-state index contributed by atoms with van der Waals surface area (Å²) in [5.41, 5.74) is 1.35. The van der Waals surface area contributed by atoms with Gasteiger partial charge in [0.15, 0.2) is 0 Å². The number of hydrogen-bond donors (Lipinski definition) is 2. The lowest BCUT2D eigenvalue weighted by molar-refractivity contribution is 0.0398. The molecule has 2 fully saturated rings. The molecule has 132 valence electrons. The number of morpholine rings is 1. The molecule has 2 saturated heterocycles. The number of hydrogen-bond acceptors (Lipinski definition) is 6. The zero-order valence-electron chi connectivity index (χ0n) is 14.0. The van der Waals surface area contributed by atoms with E-state index in [1.54, 1.807) is 12.3 Å². The minimum Gasteiger partial charge on any atom is -0.384 e. The lowest BCUT2D eigenvalue weighted by atomic mass is 10.2. The third kappa shape index (κ3) is 5.15. The van der Waals surface area contributed by atoms with Gasteiger partial charge in [0.1, 0.15) is 5.69 Å². The molecular formula is C17H26N4O3. The first-order valence-electron chi connectivity index (χ1n) is 8.71. The third-order valence-corrected chi connectivity index (χ3v) is 4.37. The van der Waals surface area contributed by atoms with E-state index in [1.165, 1.54) is 0 Å². The molecule has 0 aliphatic carbocycles. The second-order valence-electron chi connectivity index (χ2n) is 6.16. The lowest BCUT2D eigenvalue weighted by Crippen LogP contribution is -2.39. The first kappa shape index (κ1) is 17.1. The van der Waals surface area contributed by atoms with Crippen LogP contribution in [0.2, 0.25) is 0 Å². The van der Waals surface area contributed by atoms with Gasteiger partial charge in [-0.15, -0.1) is 0 Å². The van der Waals surface area contributed by atoms with Gasteiger partial charge in [-0.2, -0.15) is 0 Å². The smallest absolute Gasteiger partial charge is 0.270 e. The Bertz CT molecular complexity index is 528. The molecular weight excluding hydrogens is 308 g/mol. The number of anilines is 1. The maximum Gasteiger partial charge on any atom is 0.270 e. The van der Waals surface area contributed by atoms with Gasteiger partial charge < -0.3 is 20.1 Å². The Hall–Kier alpha value is -1.70. The summed E-state index contributed by atoms with van der Waals surface area (Å²) in [6, 6.07) is 3.68. The van der Waals surface area contributed by atoms with Gasteiger partial charge in [-0.05, 0) is 25.0 Å². The second-order valence-corrected chi connectivity index (χ2v) is 6.16. The van der Waals surface area contributed by atoms with Crippen LogP contribution in [0.15, 0.2) is 18.3 Å². The van der Waals surface area contributed by atoms with Crippen LogP contribution in [0.3, 0.4) is 0 Å². The fourth-order valence-corrected chi connectivity index (χ4v) is 2.95. The van der Waals surface area contributed by atoms with Crippen LogP contribution in [-0.2, 0) is 9.47 Å². The molecule has 1 aromatic rings. The van der Waals surface area contributed by atoms with Crippen molar-refractivity contribution in [3.05, 3.63) is 24.0 Å². The van der Waals surface area contributed by atoms with Crippen molar-refractivity contribution in [2.45, 2.75) is 18.9 Å². The van der Waals surface area contributed by atoms with Crippen molar-refractivity contribution >= 4 is 11.6 Å². The van der Waals surface area contributed by atoms with Crippen LogP contribution in [0.5, 0.6) is 0 Å². The van der Waals surface area contributed by atoms with E-state index >= 15 is 0 Å². The van der Waals surface area contributed by atoms with E-state index in [0.717, 1.165) is 64.5 Å². The second kappa shape index (κ2) is 8.96. The SMILES string of the molecule is O=C(NCC1CCCO1)c1cc(NCCN2CCOCC2)ccn1. The van der Waals surface area contributed by atoms with Gasteiger partial charge in [-0.25, -0.2) is 0 Å². The molecule has 24 heavy (non-hydrogen) atoms. The highest BCUT2D eigenvalue weighted by atomic mass is 16.5. The Morgan fingerprint density at radius 2 is 2.21 bits per heavy atom. The molecule has 1 aromatic heterocycles. The summed E-state index contributed by atoms with van der Waals surface area (Å²) in [6.45, 7) is 6.72. The minimum atomic E-state index is -0.151. The Morgan fingerprint density at radius 1 is 1.33 bits per heavy atom. The molecule has 1 unspecified atom stereocenters. The van der Waals surface area contributed by atoms with Crippen LogP contribution >= 0.6 is 0 Å². The Labute approximate surface area is 142 Å². The highest BCUT2D eigenvalue weighted by molar-refractivity contribution is 5.93. The largest absolute Gasteiger partial charge is 0.384 e. The van der Waals surface area contributed by atoms with Gasteiger partial charge in [0.05, 0.1) is 19.3 Å². The summed E-state index contributed by atoms with van der Waals surface area (Å²) < 4.78 is 10.9. The van der Waals surface area contributed by atoms with Gasteiger partial charge in [-0.1, -0.05) is 0 Å². The zero-order chi connectivity index (χ0) is 16.6. The quantitative estimate of drug-likeness (QED) is 0.766. The first-order chi connectivity index (χ1) is 11.8. The van der Waals surface area contributed by atoms with Crippen LogP contribution in [0.1, 0.15) is 23.3 Å². The van der Waals surface area contributed by atoms with Crippen LogP contribution < -0.4 is 10.6 Å². The molecule has 3 rings (SSSR count). The molecule has 2 aliphatic rings. The van der Waals surface area contributed by atoms with Crippen LogP contribution in [0.25, 0.3) is 0 Å². The van der Waals surface area contributed by atoms with Gasteiger partial charge in [0.25, 0.3) is 5.91 Å². The lowest BCUT2D eigenvalue weighted by Gasteiger charge is -2.26. The van der Waals surface area contributed by atoms with Crippen molar-refractivity contribution < 1.29 is 14.3 Å². The fraction of sp³-hybridized carbons (Fsp3) is 0.647. The van der Waals surface area contributed by atoms with Crippen molar-refractivity contribution in [1.29, 1.82) is 0 Å². The number of amides is 1. The molecule has 1 amide bonds. The van der Waals surface area contributed by atoms with E-state index < -0.39 is 0 Å². The monoisotopic (exact) mass is 334 g/mol. The van der Waals surface area contributed by atoms with E-state index in [9.17, 15) is 4.79 Å². The topological polar surface area (TPSA) is 75.7 Å². The summed E-state index contributed by atoms with van der Waals surface area (Å²) in [7, 11) is 0. The van der Waals surface area contributed by atoms with Gasteiger partial charge in [0, 0.05) is 51.2 Å². The van der Waals surface area contributed by atoms with Crippen molar-refractivity contribution in [3.63, 3.8) is 0 Å². The standard InChI is InChI=1S/C17H26N4O3/c22-17(20-13-15-2-1-9-24-15)16-12-14(3-4-19-16)18-5-6-21-7-10-23-11-8-21/h3-4,12,15H,1-2,5-11,13H2,(H,18,19)(H,20,22). The predicted molar refractivity (Wildman–Crippen MR) is 91.3 cm³/mol. The average molecular weight is 334 g/mol. The molecule has 2 aliphatic heterocycles. The van der Waals surface area contributed by atoms with Crippen LogP contribution in [-0.4, -0.2) is 74.4 Å². The molecule has 0 radical (unpaired) electrons. The van der Waals surface area contributed by atoms with E-state index in [-0.39, 0.29) is 12.0 Å². The van der Waals surface area contributed by atoms with Gasteiger partial charge >= 0.3 is 0 Å². The number of carbonyl (C=O) groups is 1. The number of ether oxygens (including phenoxy) is 2. The first-order valence-corrected chi connectivity index (χ1v) is 8.71. The third-order valence-electron chi connectivity index (χ3n) is 4.37. The van der Waals surface area contributed by atoms with Crippen molar-refractivity contribution in [1.82, 2.24) is 15.2 Å². The van der Waals surface area contributed by atoms with Crippen molar-refractivity contribution in [2.24, 2.45) is 0 Å². The minimum absolute atomic E-state index is 0.142. The van der Waals surface area contributed by atoms with E-state index in [1.807, 2.05) is 6.07 Å². The average Bonchev–Trinajstić information content (AvgIpc) is 3.14. The van der Waals surface area contributed by atoms with Gasteiger partial charge in [-0.3, -0.25) is 14.7 Å².